The molecule has 4 N–H and O–H groups in total. The maximum absolute atomic E-state index is 11.5. The Morgan fingerprint density at radius 3 is 3.00 bits per heavy atom. The summed E-state index contributed by atoms with van der Waals surface area (Å²) in [6.45, 7) is 0.0870. The van der Waals surface area contributed by atoms with Gasteiger partial charge < -0.3 is 0 Å². The van der Waals surface area contributed by atoms with Gasteiger partial charge in [0.2, 0.25) is 0 Å². The van der Waals surface area contributed by atoms with Crippen LogP contribution in [0, 0.1) is 0 Å². The summed E-state index contributed by atoms with van der Waals surface area (Å²) in [4.78, 5) is 39.9. The molecule has 19 heavy (non-hydrogen) atoms. The van der Waals surface area contributed by atoms with Gasteiger partial charge in [-0.3, -0.25) is 24.6 Å². The van der Waals surface area contributed by atoms with E-state index in [2.05, 4.69) is 9.97 Å². The van der Waals surface area contributed by atoms with Crippen molar-refractivity contribution in [2.75, 3.05) is 0 Å². The van der Waals surface area contributed by atoms with E-state index in [1.807, 2.05) is 5.43 Å². The first kappa shape index (κ1) is 13.5. The van der Waals surface area contributed by atoms with Gasteiger partial charge in [-0.05, 0) is 0 Å². The summed E-state index contributed by atoms with van der Waals surface area (Å²) in [5, 5.41) is 1.69. The number of nitrogens with two attached hydrogens (primary N) is 1. The minimum Gasteiger partial charge on any atom is -0.293 e. The van der Waals surface area contributed by atoms with E-state index in [9.17, 15) is 14.4 Å². The number of amides is 1. The zero-order valence-electron chi connectivity index (χ0n) is 9.34. The van der Waals surface area contributed by atoms with Crippen molar-refractivity contribution < 1.29 is 4.79 Å². The van der Waals surface area contributed by atoms with Crippen molar-refractivity contribution in [3.8, 4) is 0 Å². The number of carbonyl (C=O) groups excluding carboxylic acids is 1. The molecular weight excluding hydrogens is 294 g/mol. The Kier molecular flexibility index (Phi) is 3.79. The van der Waals surface area contributed by atoms with Crippen molar-refractivity contribution in [3.05, 3.63) is 48.1 Å². The number of nitrogens with one attached hydrogen (secondary N) is 2. The number of hydrazine groups is 1. The predicted octanol–water partition coefficient (Wildman–Crippen LogP) is -0.702. The number of hydrogen-bond acceptors (Lipinski definition) is 6. The second-order valence-electron chi connectivity index (χ2n) is 3.48. The predicted molar refractivity (Wildman–Crippen MR) is 69.2 cm³/mol. The highest BCUT2D eigenvalue weighted by Gasteiger charge is 2.10. The molecule has 8 nitrogen and oxygen atoms in total. The molecule has 2 aromatic heterocycles. The van der Waals surface area contributed by atoms with Gasteiger partial charge in [0.15, 0.2) is 5.01 Å². The summed E-state index contributed by atoms with van der Waals surface area (Å²) in [6.07, 6.45) is 1.21. The molecule has 0 saturated heterocycles. The van der Waals surface area contributed by atoms with E-state index in [0.29, 0.717) is 5.69 Å². The third-order valence-electron chi connectivity index (χ3n) is 2.18. The standard InChI is InChI=1S/C9H8ClN5O3S/c10-5-2-15(9(18)13-6(5)16)1-4-3-19-8(12-4)7(17)14-11/h2-3H,1,11H2,(H,14,17)(H,13,16,18). The molecule has 10 heteroatoms. The Morgan fingerprint density at radius 2 is 2.32 bits per heavy atom. The summed E-state index contributed by atoms with van der Waals surface area (Å²) >= 11 is 6.72. The highest BCUT2D eigenvalue weighted by molar-refractivity contribution is 7.11. The third kappa shape index (κ3) is 2.89. The lowest BCUT2D eigenvalue weighted by Crippen LogP contribution is -2.30. The highest BCUT2D eigenvalue weighted by Crippen LogP contribution is 2.10. The second-order valence-corrected chi connectivity index (χ2v) is 4.75. The van der Waals surface area contributed by atoms with E-state index in [1.165, 1.54) is 10.8 Å². The van der Waals surface area contributed by atoms with Gasteiger partial charge in [-0.15, -0.1) is 11.3 Å². The average molecular weight is 302 g/mol. The molecule has 0 bridgehead atoms. The Morgan fingerprint density at radius 1 is 1.58 bits per heavy atom. The van der Waals surface area contributed by atoms with Crippen LogP contribution in [0.2, 0.25) is 5.02 Å². The first-order valence-electron chi connectivity index (χ1n) is 4.96. The number of aromatic amines is 1. The molecule has 0 spiro atoms. The van der Waals surface area contributed by atoms with E-state index < -0.39 is 17.2 Å². The molecule has 0 radical (unpaired) electrons. The number of rotatable bonds is 3. The van der Waals surface area contributed by atoms with Crippen LogP contribution in [-0.4, -0.2) is 20.4 Å². The van der Waals surface area contributed by atoms with Crippen LogP contribution in [0.15, 0.2) is 21.2 Å². The van der Waals surface area contributed by atoms with Crippen molar-refractivity contribution >= 4 is 28.8 Å². The van der Waals surface area contributed by atoms with E-state index in [-0.39, 0.29) is 16.6 Å². The zero-order chi connectivity index (χ0) is 14.0. The fraction of sp³-hybridized carbons (Fsp3) is 0.111. The van der Waals surface area contributed by atoms with Crippen LogP contribution in [0.25, 0.3) is 0 Å². The molecule has 0 aliphatic rings. The molecule has 0 unspecified atom stereocenters. The first-order valence-corrected chi connectivity index (χ1v) is 6.21. The number of carbonyl (C=O) groups is 1. The molecule has 0 atom stereocenters. The minimum atomic E-state index is -0.649. The van der Waals surface area contributed by atoms with Gasteiger partial charge in [-0.2, -0.15) is 0 Å². The van der Waals surface area contributed by atoms with Crippen molar-refractivity contribution in [2.45, 2.75) is 6.54 Å². The number of nitrogen functional groups attached to an aromatic ring is 1. The molecule has 0 aromatic carbocycles. The largest absolute Gasteiger partial charge is 0.328 e. The van der Waals surface area contributed by atoms with E-state index >= 15 is 0 Å². The van der Waals surface area contributed by atoms with Crippen LogP contribution < -0.4 is 22.5 Å². The van der Waals surface area contributed by atoms with Gasteiger partial charge >= 0.3 is 5.69 Å². The molecule has 100 valence electrons. The van der Waals surface area contributed by atoms with Crippen LogP contribution in [0.1, 0.15) is 15.5 Å². The molecular formula is C9H8ClN5O3S. The normalized spacial score (nSPS) is 10.4. The first-order chi connectivity index (χ1) is 9.01. The molecule has 2 heterocycles. The van der Waals surface area contributed by atoms with Gasteiger partial charge in [0.1, 0.15) is 5.02 Å². The molecule has 2 aromatic rings. The Hall–Kier alpha value is -1.97. The lowest BCUT2D eigenvalue weighted by molar-refractivity contribution is 0.0953. The summed E-state index contributed by atoms with van der Waals surface area (Å²) in [5.41, 5.74) is 1.19. The Bertz CT molecular complexity index is 734. The number of aromatic nitrogens is 3. The monoisotopic (exact) mass is 301 g/mol. The summed E-state index contributed by atoms with van der Waals surface area (Å²) < 4.78 is 1.18. The van der Waals surface area contributed by atoms with Crippen molar-refractivity contribution in [1.82, 2.24) is 20.0 Å². The molecule has 0 aliphatic heterocycles. The number of hydrogen-bond donors (Lipinski definition) is 3. The van der Waals surface area contributed by atoms with E-state index in [0.717, 1.165) is 11.3 Å². The quantitative estimate of drug-likeness (QED) is 0.393. The van der Waals surface area contributed by atoms with Gasteiger partial charge in [-0.25, -0.2) is 15.6 Å². The molecule has 0 fully saturated rings. The van der Waals surface area contributed by atoms with Crippen LogP contribution in [0.3, 0.4) is 0 Å². The second kappa shape index (κ2) is 5.34. The van der Waals surface area contributed by atoms with E-state index in [4.69, 9.17) is 17.4 Å². The highest BCUT2D eigenvalue weighted by atomic mass is 35.5. The lowest BCUT2D eigenvalue weighted by atomic mass is 10.4. The topological polar surface area (TPSA) is 123 Å². The molecule has 2 rings (SSSR count). The number of halogens is 1. The fourth-order valence-electron chi connectivity index (χ4n) is 1.32. The van der Waals surface area contributed by atoms with Gasteiger partial charge in [0.05, 0.1) is 12.2 Å². The van der Waals surface area contributed by atoms with E-state index in [1.54, 1.807) is 5.38 Å². The smallest absolute Gasteiger partial charge is 0.293 e. The number of nitrogens with zero attached hydrogens (tertiary/aromatic N) is 2. The van der Waals surface area contributed by atoms with Gasteiger partial charge in [0.25, 0.3) is 11.5 Å². The molecule has 1 amide bonds. The SMILES string of the molecule is NNC(=O)c1nc(Cn2cc(Cl)c(=O)[nH]c2=O)cs1. The number of thiazole rings is 1. The minimum absolute atomic E-state index is 0.0870. The summed E-state index contributed by atoms with van der Waals surface area (Å²) in [6, 6.07) is 0. The summed E-state index contributed by atoms with van der Waals surface area (Å²) in [5.74, 6) is 4.47. The maximum Gasteiger partial charge on any atom is 0.328 e. The van der Waals surface area contributed by atoms with Gasteiger partial charge in [0, 0.05) is 11.6 Å². The fourth-order valence-corrected chi connectivity index (χ4v) is 2.20. The van der Waals surface area contributed by atoms with Crippen molar-refractivity contribution in [3.63, 3.8) is 0 Å². The molecule has 0 saturated carbocycles. The van der Waals surface area contributed by atoms with Crippen LogP contribution in [0.5, 0.6) is 0 Å². The maximum atomic E-state index is 11.5. The van der Waals surface area contributed by atoms with Crippen LogP contribution in [0.4, 0.5) is 0 Å². The Labute approximate surface area is 114 Å². The van der Waals surface area contributed by atoms with Gasteiger partial charge in [-0.1, -0.05) is 11.6 Å². The zero-order valence-corrected chi connectivity index (χ0v) is 10.9. The molecule has 0 aliphatic carbocycles. The van der Waals surface area contributed by atoms with Crippen molar-refractivity contribution in [1.29, 1.82) is 0 Å². The van der Waals surface area contributed by atoms with Crippen LogP contribution in [-0.2, 0) is 6.54 Å². The summed E-state index contributed by atoms with van der Waals surface area (Å²) in [7, 11) is 0. The Balaban J connectivity index is 2.29. The lowest BCUT2D eigenvalue weighted by Gasteiger charge is -2.02. The number of H-pyrrole nitrogens is 1. The third-order valence-corrected chi connectivity index (χ3v) is 3.34. The van der Waals surface area contributed by atoms with Crippen molar-refractivity contribution in [2.24, 2.45) is 5.84 Å². The average Bonchev–Trinajstić information content (AvgIpc) is 2.83. The van der Waals surface area contributed by atoms with Crippen LogP contribution >= 0.6 is 22.9 Å².